The van der Waals surface area contributed by atoms with Crippen molar-refractivity contribution in [3.63, 3.8) is 0 Å². The number of ether oxygens (including phenoxy) is 2. The third-order valence-electron chi connectivity index (χ3n) is 3.27. The number of nitrogens with one attached hydrogen (secondary N) is 1. The van der Waals surface area contributed by atoms with E-state index in [0.717, 1.165) is 16.8 Å². The summed E-state index contributed by atoms with van der Waals surface area (Å²) >= 11 is 0. The number of anilines is 1. The van der Waals surface area contributed by atoms with Gasteiger partial charge in [-0.25, -0.2) is 0 Å². The standard InChI is InChI=1S/C16H15NO3/c1-10-6-7-13(11(2)8-10)17-16(18)12-4-3-5-14-15(12)20-9-19-14/h3-8H,9H2,1-2H3,(H,17,18). The number of rotatable bonds is 2. The Balaban J connectivity index is 1.89. The van der Waals surface area contributed by atoms with Crippen molar-refractivity contribution in [2.24, 2.45) is 0 Å². The summed E-state index contributed by atoms with van der Waals surface area (Å²) in [7, 11) is 0. The molecule has 0 unspecified atom stereocenters. The van der Waals surface area contributed by atoms with Crippen LogP contribution in [0.1, 0.15) is 21.5 Å². The number of carbonyl (C=O) groups excluding carboxylic acids is 1. The molecule has 0 saturated carbocycles. The normalized spacial score (nSPS) is 12.3. The fraction of sp³-hybridized carbons (Fsp3) is 0.188. The second kappa shape index (κ2) is 4.89. The first-order chi connectivity index (χ1) is 9.65. The van der Waals surface area contributed by atoms with E-state index >= 15 is 0 Å². The number of hydrogen-bond donors (Lipinski definition) is 1. The largest absolute Gasteiger partial charge is 0.454 e. The van der Waals surface area contributed by atoms with Crippen LogP contribution in [0, 0.1) is 13.8 Å². The average molecular weight is 269 g/mol. The molecule has 0 spiro atoms. The van der Waals surface area contributed by atoms with Gasteiger partial charge in [0.15, 0.2) is 11.5 Å². The maximum atomic E-state index is 12.4. The van der Waals surface area contributed by atoms with Crippen LogP contribution in [0.25, 0.3) is 0 Å². The SMILES string of the molecule is Cc1ccc(NC(=O)c2cccc3c2OCO3)c(C)c1. The Labute approximate surface area is 117 Å². The molecule has 1 amide bonds. The summed E-state index contributed by atoms with van der Waals surface area (Å²) < 4.78 is 10.6. The van der Waals surface area contributed by atoms with Crippen LogP contribution in [0.2, 0.25) is 0 Å². The van der Waals surface area contributed by atoms with Crippen molar-refractivity contribution in [3.05, 3.63) is 53.1 Å². The molecule has 4 nitrogen and oxygen atoms in total. The molecule has 3 rings (SSSR count). The maximum Gasteiger partial charge on any atom is 0.259 e. The summed E-state index contributed by atoms with van der Waals surface area (Å²) in [5.74, 6) is 0.923. The van der Waals surface area contributed by atoms with Gasteiger partial charge in [-0.2, -0.15) is 0 Å². The van der Waals surface area contributed by atoms with Crippen LogP contribution in [0.5, 0.6) is 11.5 Å². The van der Waals surface area contributed by atoms with Gasteiger partial charge in [0.25, 0.3) is 5.91 Å². The van der Waals surface area contributed by atoms with E-state index in [1.807, 2.05) is 32.0 Å². The lowest BCUT2D eigenvalue weighted by atomic mass is 10.1. The molecule has 0 fully saturated rings. The molecule has 0 saturated heterocycles. The fourth-order valence-electron chi connectivity index (χ4n) is 2.25. The molecule has 1 heterocycles. The Morgan fingerprint density at radius 3 is 2.80 bits per heavy atom. The van der Waals surface area contributed by atoms with E-state index < -0.39 is 0 Å². The number of para-hydroxylation sites is 1. The van der Waals surface area contributed by atoms with Gasteiger partial charge in [0, 0.05) is 5.69 Å². The van der Waals surface area contributed by atoms with Gasteiger partial charge < -0.3 is 14.8 Å². The highest BCUT2D eigenvalue weighted by molar-refractivity contribution is 6.07. The van der Waals surface area contributed by atoms with Gasteiger partial charge in [0.1, 0.15) is 0 Å². The average Bonchev–Trinajstić information content (AvgIpc) is 2.90. The molecule has 0 radical (unpaired) electrons. The Hall–Kier alpha value is -2.49. The van der Waals surface area contributed by atoms with Crippen LogP contribution in [-0.2, 0) is 0 Å². The first-order valence-electron chi connectivity index (χ1n) is 6.42. The predicted molar refractivity (Wildman–Crippen MR) is 76.4 cm³/mol. The van der Waals surface area contributed by atoms with Gasteiger partial charge in [0.2, 0.25) is 6.79 Å². The molecule has 0 atom stereocenters. The van der Waals surface area contributed by atoms with Gasteiger partial charge in [-0.3, -0.25) is 4.79 Å². The Morgan fingerprint density at radius 2 is 2.00 bits per heavy atom. The number of hydrogen-bond acceptors (Lipinski definition) is 3. The minimum absolute atomic E-state index is 0.156. The van der Waals surface area contributed by atoms with Crippen LogP contribution in [0.15, 0.2) is 36.4 Å². The first-order valence-corrected chi connectivity index (χ1v) is 6.42. The second-order valence-corrected chi connectivity index (χ2v) is 4.81. The molecule has 2 aromatic carbocycles. The zero-order chi connectivity index (χ0) is 14.1. The van der Waals surface area contributed by atoms with Gasteiger partial charge in [0.05, 0.1) is 5.56 Å². The molecule has 1 aliphatic rings. The van der Waals surface area contributed by atoms with Crippen LogP contribution in [-0.4, -0.2) is 12.7 Å². The maximum absolute atomic E-state index is 12.4. The number of benzene rings is 2. The van der Waals surface area contributed by atoms with E-state index in [-0.39, 0.29) is 12.7 Å². The summed E-state index contributed by atoms with van der Waals surface area (Å²) in [5, 5.41) is 2.91. The summed E-state index contributed by atoms with van der Waals surface area (Å²) in [6, 6.07) is 11.2. The molecule has 2 aromatic rings. The van der Waals surface area contributed by atoms with Gasteiger partial charge in [-0.05, 0) is 37.6 Å². The fourth-order valence-corrected chi connectivity index (χ4v) is 2.25. The van der Waals surface area contributed by atoms with E-state index in [9.17, 15) is 4.79 Å². The van der Waals surface area contributed by atoms with Gasteiger partial charge in [-0.1, -0.05) is 23.8 Å². The lowest BCUT2D eigenvalue weighted by molar-refractivity contribution is 0.102. The summed E-state index contributed by atoms with van der Waals surface area (Å²) in [6.07, 6.45) is 0. The molecule has 102 valence electrons. The Morgan fingerprint density at radius 1 is 1.15 bits per heavy atom. The quantitative estimate of drug-likeness (QED) is 0.910. The highest BCUT2D eigenvalue weighted by Gasteiger charge is 2.21. The smallest absolute Gasteiger partial charge is 0.259 e. The number of aryl methyl sites for hydroxylation is 2. The monoisotopic (exact) mass is 269 g/mol. The van der Waals surface area contributed by atoms with Crippen molar-refractivity contribution >= 4 is 11.6 Å². The van der Waals surface area contributed by atoms with Gasteiger partial charge >= 0.3 is 0 Å². The van der Waals surface area contributed by atoms with Gasteiger partial charge in [-0.15, -0.1) is 0 Å². The predicted octanol–water partition coefficient (Wildman–Crippen LogP) is 3.28. The van der Waals surface area contributed by atoms with Crippen molar-refractivity contribution in [3.8, 4) is 11.5 Å². The minimum Gasteiger partial charge on any atom is -0.454 e. The lowest BCUT2D eigenvalue weighted by Gasteiger charge is -2.10. The molecule has 0 aliphatic carbocycles. The topological polar surface area (TPSA) is 47.6 Å². The first kappa shape index (κ1) is 12.5. The van der Waals surface area contributed by atoms with Crippen molar-refractivity contribution < 1.29 is 14.3 Å². The van der Waals surface area contributed by atoms with E-state index in [0.29, 0.717) is 17.1 Å². The van der Waals surface area contributed by atoms with E-state index in [1.165, 1.54) is 0 Å². The van der Waals surface area contributed by atoms with Crippen molar-refractivity contribution in [2.75, 3.05) is 12.1 Å². The number of amides is 1. The van der Waals surface area contributed by atoms with Crippen LogP contribution in [0.3, 0.4) is 0 Å². The van der Waals surface area contributed by atoms with Crippen LogP contribution >= 0.6 is 0 Å². The Kier molecular flexibility index (Phi) is 3.06. The van der Waals surface area contributed by atoms with Crippen LogP contribution in [0.4, 0.5) is 5.69 Å². The minimum atomic E-state index is -0.195. The zero-order valence-corrected chi connectivity index (χ0v) is 11.4. The summed E-state index contributed by atoms with van der Waals surface area (Å²) in [6.45, 7) is 4.15. The van der Waals surface area contributed by atoms with Crippen molar-refractivity contribution in [2.45, 2.75) is 13.8 Å². The third kappa shape index (κ3) is 2.20. The summed E-state index contributed by atoms with van der Waals surface area (Å²) in [5.41, 5.74) is 3.48. The third-order valence-corrected chi connectivity index (χ3v) is 3.27. The Bertz CT molecular complexity index is 679. The number of fused-ring (bicyclic) bond motifs is 1. The molecule has 0 bridgehead atoms. The highest BCUT2D eigenvalue weighted by Crippen LogP contribution is 2.35. The van der Waals surface area contributed by atoms with E-state index in [2.05, 4.69) is 5.32 Å². The van der Waals surface area contributed by atoms with Crippen molar-refractivity contribution in [1.29, 1.82) is 0 Å². The van der Waals surface area contributed by atoms with E-state index in [1.54, 1.807) is 18.2 Å². The summed E-state index contributed by atoms with van der Waals surface area (Å²) in [4.78, 5) is 12.4. The lowest BCUT2D eigenvalue weighted by Crippen LogP contribution is -2.13. The zero-order valence-electron chi connectivity index (χ0n) is 11.4. The molecular weight excluding hydrogens is 254 g/mol. The molecular formula is C16H15NO3. The molecule has 1 aliphatic heterocycles. The van der Waals surface area contributed by atoms with Crippen molar-refractivity contribution in [1.82, 2.24) is 0 Å². The second-order valence-electron chi connectivity index (χ2n) is 4.81. The van der Waals surface area contributed by atoms with Crippen LogP contribution < -0.4 is 14.8 Å². The highest BCUT2D eigenvalue weighted by atomic mass is 16.7. The molecule has 4 heteroatoms. The number of carbonyl (C=O) groups is 1. The molecule has 0 aromatic heterocycles. The molecule has 1 N–H and O–H groups in total. The molecule has 20 heavy (non-hydrogen) atoms. The van der Waals surface area contributed by atoms with E-state index in [4.69, 9.17) is 9.47 Å².